The van der Waals surface area contributed by atoms with Crippen LogP contribution in [0.3, 0.4) is 0 Å². The van der Waals surface area contributed by atoms with Crippen LogP contribution in [0.1, 0.15) is 38.3 Å². The zero-order valence-electron chi connectivity index (χ0n) is 18.3. The molecule has 0 spiro atoms. The van der Waals surface area contributed by atoms with E-state index in [1.54, 1.807) is 23.8 Å². The molecule has 5 nitrogen and oxygen atoms in total. The number of rotatable bonds is 9. The van der Waals surface area contributed by atoms with E-state index in [2.05, 4.69) is 30.9 Å². The van der Waals surface area contributed by atoms with Gasteiger partial charge in [-0.05, 0) is 50.1 Å². The van der Waals surface area contributed by atoms with Crippen LogP contribution < -0.4 is 9.80 Å². The van der Waals surface area contributed by atoms with Gasteiger partial charge >= 0.3 is 0 Å². The first-order valence-corrected chi connectivity index (χ1v) is 10.3. The second-order valence-electron chi connectivity index (χ2n) is 7.30. The Labute approximate surface area is 174 Å². The molecule has 0 saturated heterocycles. The van der Waals surface area contributed by atoms with Gasteiger partial charge in [0.1, 0.15) is 0 Å². The highest BCUT2D eigenvalue weighted by Gasteiger charge is 2.18. The third kappa shape index (κ3) is 6.08. The van der Waals surface area contributed by atoms with Crippen molar-refractivity contribution in [2.24, 2.45) is 0 Å². The van der Waals surface area contributed by atoms with Gasteiger partial charge in [-0.2, -0.15) is 0 Å². The molecule has 0 bridgehead atoms. The highest BCUT2D eigenvalue weighted by Crippen LogP contribution is 2.26. The molecular weight excluding hydrogens is 362 g/mol. The molecule has 2 amide bonds. The number of hydrogen-bond acceptors (Lipinski definition) is 3. The summed E-state index contributed by atoms with van der Waals surface area (Å²) in [5.74, 6) is -0.0280. The Kier molecular flexibility index (Phi) is 8.25. The molecule has 0 aliphatic heterocycles. The highest BCUT2D eigenvalue weighted by atomic mass is 16.2. The molecule has 0 aliphatic rings. The topological polar surface area (TPSA) is 43.9 Å². The lowest BCUT2D eigenvalue weighted by atomic mass is 10.1. The molecule has 156 valence electrons. The largest absolute Gasteiger partial charge is 0.372 e. The summed E-state index contributed by atoms with van der Waals surface area (Å²) >= 11 is 0. The number of carbonyl (C=O) groups excluding carboxylic acids is 2. The number of benzene rings is 2. The van der Waals surface area contributed by atoms with Gasteiger partial charge in [0, 0.05) is 57.9 Å². The van der Waals surface area contributed by atoms with Gasteiger partial charge in [-0.15, -0.1) is 0 Å². The molecule has 0 radical (unpaired) electrons. The molecule has 0 heterocycles. The van der Waals surface area contributed by atoms with Crippen molar-refractivity contribution in [3.05, 3.63) is 59.7 Å². The van der Waals surface area contributed by atoms with Crippen molar-refractivity contribution in [2.45, 2.75) is 40.7 Å². The van der Waals surface area contributed by atoms with Gasteiger partial charge in [-0.1, -0.05) is 30.3 Å². The van der Waals surface area contributed by atoms with E-state index in [1.165, 1.54) is 0 Å². The van der Waals surface area contributed by atoms with Crippen molar-refractivity contribution in [1.82, 2.24) is 4.90 Å². The summed E-state index contributed by atoms with van der Waals surface area (Å²) in [5, 5.41) is 0. The van der Waals surface area contributed by atoms with Crippen LogP contribution in [0.15, 0.2) is 48.5 Å². The van der Waals surface area contributed by atoms with Crippen LogP contribution in [0.4, 0.5) is 11.4 Å². The summed E-state index contributed by atoms with van der Waals surface area (Å²) in [5.41, 5.74) is 4.15. The minimum Gasteiger partial charge on any atom is -0.372 e. The predicted molar refractivity (Wildman–Crippen MR) is 120 cm³/mol. The predicted octanol–water partition coefficient (Wildman–Crippen LogP) is 4.24. The Morgan fingerprint density at radius 2 is 1.62 bits per heavy atom. The van der Waals surface area contributed by atoms with Gasteiger partial charge in [0.05, 0.1) is 0 Å². The second kappa shape index (κ2) is 10.6. The average molecular weight is 396 g/mol. The minimum atomic E-state index is -0.0535. The molecular formula is C24H33N3O2. The molecule has 0 aromatic heterocycles. The molecule has 5 heteroatoms. The lowest BCUT2D eigenvalue weighted by Crippen LogP contribution is -2.35. The number of aryl methyl sites for hydroxylation is 1. The quantitative estimate of drug-likeness (QED) is 0.638. The third-order valence-corrected chi connectivity index (χ3v) is 5.22. The number of amides is 2. The standard InChI is InChI=1S/C24H33N3O2/c1-6-26(7-2)22-13-14-23(19(3)17-22)27(20(4)28)16-15-24(29)25(5)18-21-11-9-8-10-12-21/h8-14,17H,6-7,15-16,18H2,1-5H3. The van der Waals surface area contributed by atoms with Gasteiger partial charge < -0.3 is 14.7 Å². The maximum Gasteiger partial charge on any atom is 0.224 e. The van der Waals surface area contributed by atoms with Crippen LogP contribution >= 0.6 is 0 Å². The molecule has 0 saturated carbocycles. The fourth-order valence-corrected chi connectivity index (χ4v) is 3.52. The molecule has 0 unspecified atom stereocenters. The van der Waals surface area contributed by atoms with Gasteiger partial charge in [0.25, 0.3) is 0 Å². The maximum atomic E-state index is 12.6. The Morgan fingerprint density at radius 1 is 0.966 bits per heavy atom. The fourth-order valence-electron chi connectivity index (χ4n) is 3.52. The molecule has 0 atom stereocenters. The maximum absolute atomic E-state index is 12.6. The van der Waals surface area contributed by atoms with E-state index >= 15 is 0 Å². The van der Waals surface area contributed by atoms with E-state index in [0.717, 1.165) is 35.6 Å². The van der Waals surface area contributed by atoms with E-state index in [1.807, 2.05) is 43.3 Å². The van der Waals surface area contributed by atoms with Crippen LogP contribution in [-0.4, -0.2) is 43.4 Å². The Balaban J connectivity index is 2.06. The summed E-state index contributed by atoms with van der Waals surface area (Å²) in [6, 6.07) is 16.1. The first-order chi connectivity index (χ1) is 13.9. The van der Waals surface area contributed by atoms with Crippen LogP contribution in [0.2, 0.25) is 0 Å². The number of hydrogen-bond donors (Lipinski definition) is 0. The molecule has 0 N–H and O–H groups in total. The van der Waals surface area contributed by atoms with E-state index < -0.39 is 0 Å². The average Bonchev–Trinajstić information content (AvgIpc) is 2.70. The van der Waals surface area contributed by atoms with Crippen LogP contribution in [0, 0.1) is 6.92 Å². The number of carbonyl (C=O) groups is 2. The van der Waals surface area contributed by atoms with E-state index in [4.69, 9.17) is 0 Å². The molecule has 2 rings (SSSR count). The summed E-state index contributed by atoms with van der Waals surface area (Å²) in [6.45, 7) is 10.6. The second-order valence-corrected chi connectivity index (χ2v) is 7.30. The number of nitrogens with zero attached hydrogens (tertiary/aromatic N) is 3. The molecule has 0 fully saturated rings. The van der Waals surface area contributed by atoms with E-state index in [9.17, 15) is 9.59 Å². The summed E-state index contributed by atoms with van der Waals surface area (Å²) < 4.78 is 0. The van der Waals surface area contributed by atoms with Gasteiger partial charge in [-0.3, -0.25) is 9.59 Å². The first-order valence-electron chi connectivity index (χ1n) is 10.3. The number of anilines is 2. The zero-order valence-corrected chi connectivity index (χ0v) is 18.3. The molecule has 29 heavy (non-hydrogen) atoms. The van der Waals surface area contributed by atoms with Crippen molar-refractivity contribution < 1.29 is 9.59 Å². The van der Waals surface area contributed by atoms with Crippen molar-refractivity contribution in [1.29, 1.82) is 0 Å². The zero-order chi connectivity index (χ0) is 21.4. The van der Waals surface area contributed by atoms with Crippen molar-refractivity contribution in [3.8, 4) is 0 Å². The minimum absolute atomic E-state index is 0.0255. The van der Waals surface area contributed by atoms with Crippen LogP contribution in [0.5, 0.6) is 0 Å². The Hall–Kier alpha value is -2.82. The van der Waals surface area contributed by atoms with E-state index in [0.29, 0.717) is 19.5 Å². The molecule has 2 aromatic rings. The van der Waals surface area contributed by atoms with Crippen LogP contribution in [-0.2, 0) is 16.1 Å². The summed E-state index contributed by atoms with van der Waals surface area (Å²) in [6.07, 6.45) is 0.292. The summed E-state index contributed by atoms with van der Waals surface area (Å²) in [4.78, 5) is 30.6. The van der Waals surface area contributed by atoms with E-state index in [-0.39, 0.29) is 11.8 Å². The van der Waals surface area contributed by atoms with Gasteiger partial charge in [0.15, 0.2) is 0 Å². The normalized spacial score (nSPS) is 10.5. The molecule has 0 aliphatic carbocycles. The van der Waals surface area contributed by atoms with Gasteiger partial charge in [-0.25, -0.2) is 0 Å². The fraction of sp³-hybridized carbons (Fsp3) is 0.417. The SMILES string of the molecule is CCN(CC)c1ccc(N(CCC(=O)N(C)Cc2ccccc2)C(C)=O)c(C)c1. The van der Waals surface area contributed by atoms with Crippen molar-refractivity contribution in [3.63, 3.8) is 0 Å². The monoisotopic (exact) mass is 395 g/mol. The summed E-state index contributed by atoms with van der Waals surface area (Å²) in [7, 11) is 1.80. The smallest absolute Gasteiger partial charge is 0.224 e. The van der Waals surface area contributed by atoms with Crippen LogP contribution in [0.25, 0.3) is 0 Å². The lowest BCUT2D eigenvalue weighted by Gasteiger charge is -2.27. The third-order valence-electron chi connectivity index (χ3n) is 5.22. The van der Waals surface area contributed by atoms with Crippen molar-refractivity contribution in [2.75, 3.05) is 36.5 Å². The Bertz CT molecular complexity index is 816. The molecule has 2 aromatic carbocycles. The van der Waals surface area contributed by atoms with Gasteiger partial charge in [0.2, 0.25) is 11.8 Å². The Morgan fingerprint density at radius 3 is 2.17 bits per heavy atom. The lowest BCUT2D eigenvalue weighted by molar-refractivity contribution is -0.130. The van der Waals surface area contributed by atoms with Crippen molar-refractivity contribution >= 4 is 23.2 Å². The highest BCUT2D eigenvalue weighted by molar-refractivity contribution is 5.93. The first kappa shape index (κ1) is 22.5.